The molecule has 0 amide bonds. The van der Waals surface area contributed by atoms with Gasteiger partial charge in [0.15, 0.2) is 6.10 Å². The molecule has 1 N–H and O–H groups in total. The number of rotatable bonds is 3. The molecule has 2 heterocycles. The smallest absolute Gasteiger partial charge is 0.382 e. The Kier molecular flexibility index (Phi) is 5.11. The van der Waals surface area contributed by atoms with E-state index in [4.69, 9.17) is 11.6 Å². The Hall–Kier alpha value is -1.87. The molecule has 27 heavy (non-hydrogen) atoms. The van der Waals surface area contributed by atoms with Crippen LogP contribution in [0.25, 0.3) is 10.9 Å². The van der Waals surface area contributed by atoms with Crippen molar-refractivity contribution in [3.05, 3.63) is 39.6 Å². The van der Waals surface area contributed by atoms with E-state index in [0.717, 1.165) is 6.07 Å². The highest BCUT2D eigenvalue weighted by molar-refractivity contribution is 6.35. The standard InChI is InChI=1S/C17H16ClF5N2O2/c1-8-2-4-13(15(27)17(21,22)23)24(8)9-3-5-12-10(6-9)11(18)7-14(26)25(12)16(19)20/h3,5-8,13,15-16,27H,2,4H2,1H3/t8-,13+,15-/m0/s1. The molecule has 1 aliphatic heterocycles. The molecule has 1 aromatic heterocycles. The summed E-state index contributed by atoms with van der Waals surface area (Å²) >= 11 is 6.02. The topological polar surface area (TPSA) is 45.5 Å². The monoisotopic (exact) mass is 410 g/mol. The minimum absolute atomic E-state index is 0.0754. The van der Waals surface area contributed by atoms with E-state index in [1.807, 2.05) is 0 Å². The Balaban J connectivity index is 2.12. The Morgan fingerprint density at radius 3 is 2.48 bits per heavy atom. The van der Waals surface area contributed by atoms with Crippen LogP contribution in [0.4, 0.5) is 27.6 Å². The molecule has 0 aliphatic carbocycles. The molecule has 0 spiro atoms. The number of aliphatic hydroxyl groups is 1. The van der Waals surface area contributed by atoms with Gasteiger partial charge in [0.2, 0.25) is 0 Å². The lowest BCUT2D eigenvalue weighted by Crippen LogP contribution is -2.48. The summed E-state index contributed by atoms with van der Waals surface area (Å²) < 4.78 is 65.7. The lowest BCUT2D eigenvalue weighted by molar-refractivity contribution is -0.209. The van der Waals surface area contributed by atoms with Crippen LogP contribution in [-0.4, -0.2) is 34.0 Å². The van der Waals surface area contributed by atoms with Crippen molar-refractivity contribution in [1.82, 2.24) is 4.57 Å². The van der Waals surface area contributed by atoms with Crippen LogP contribution in [0.2, 0.25) is 5.02 Å². The minimum atomic E-state index is -4.78. The number of benzene rings is 1. The first-order chi connectivity index (χ1) is 12.5. The first-order valence-corrected chi connectivity index (χ1v) is 8.56. The Morgan fingerprint density at radius 1 is 1.22 bits per heavy atom. The number of halogens is 6. The zero-order valence-corrected chi connectivity index (χ0v) is 14.8. The van der Waals surface area contributed by atoms with Gasteiger partial charge < -0.3 is 10.0 Å². The molecule has 10 heteroatoms. The van der Waals surface area contributed by atoms with E-state index in [9.17, 15) is 31.9 Å². The second kappa shape index (κ2) is 6.94. The molecule has 0 radical (unpaired) electrons. The van der Waals surface area contributed by atoms with Crippen molar-refractivity contribution < 1.29 is 27.1 Å². The van der Waals surface area contributed by atoms with Crippen LogP contribution in [0.3, 0.4) is 0 Å². The fourth-order valence-corrected chi connectivity index (χ4v) is 3.90. The molecule has 3 rings (SSSR count). The zero-order chi connectivity index (χ0) is 20.1. The number of nitrogens with zero attached hydrogens (tertiary/aromatic N) is 2. The quantitative estimate of drug-likeness (QED) is 0.766. The Labute approximate surface area is 155 Å². The van der Waals surface area contributed by atoms with E-state index < -0.39 is 30.4 Å². The molecule has 148 valence electrons. The fraction of sp³-hybridized carbons (Fsp3) is 0.471. The number of aliphatic hydroxyl groups excluding tert-OH is 1. The Morgan fingerprint density at radius 2 is 1.89 bits per heavy atom. The summed E-state index contributed by atoms with van der Waals surface area (Å²) in [6.07, 6.45) is -6.76. The summed E-state index contributed by atoms with van der Waals surface area (Å²) in [6.45, 7) is -1.37. The van der Waals surface area contributed by atoms with Crippen LogP contribution in [0.5, 0.6) is 0 Å². The third kappa shape index (κ3) is 3.50. The summed E-state index contributed by atoms with van der Waals surface area (Å²) in [5, 5.41) is 9.76. The molecule has 1 aromatic carbocycles. The van der Waals surface area contributed by atoms with Gasteiger partial charge in [-0.2, -0.15) is 22.0 Å². The largest absolute Gasteiger partial charge is 0.416 e. The summed E-state index contributed by atoms with van der Waals surface area (Å²) in [4.78, 5) is 13.2. The van der Waals surface area contributed by atoms with Crippen LogP contribution in [-0.2, 0) is 0 Å². The average Bonchev–Trinajstić information content (AvgIpc) is 2.94. The highest BCUT2D eigenvalue weighted by Crippen LogP contribution is 2.38. The molecule has 1 saturated heterocycles. The second-order valence-electron chi connectivity index (χ2n) is 6.57. The molecule has 3 atom stereocenters. The molecular weight excluding hydrogens is 395 g/mol. The summed E-state index contributed by atoms with van der Waals surface area (Å²) in [5.41, 5.74) is -0.789. The molecule has 0 bridgehead atoms. The highest BCUT2D eigenvalue weighted by Gasteiger charge is 2.48. The van der Waals surface area contributed by atoms with Gasteiger partial charge in [0.05, 0.1) is 16.6 Å². The molecule has 2 aromatic rings. The van der Waals surface area contributed by atoms with Crippen molar-refractivity contribution in [3.63, 3.8) is 0 Å². The number of hydrogen-bond acceptors (Lipinski definition) is 3. The van der Waals surface area contributed by atoms with Gasteiger partial charge in [-0.15, -0.1) is 0 Å². The number of hydrogen-bond donors (Lipinski definition) is 1. The predicted molar refractivity (Wildman–Crippen MR) is 91.5 cm³/mol. The van der Waals surface area contributed by atoms with Gasteiger partial charge in [0.1, 0.15) is 0 Å². The third-order valence-corrected chi connectivity index (χ3v) is 5.20. The van der Waals surface area contributed by atoms with E-state index in [0.29, 0.717) is 12.1 Å². The van der Waals surface area contributed by atoms with Gasteiger partial charge in [-0.25, -0.2) is 0 Å². The molecule has 1 fully saturated rings. The fourth-order valence-electron chi connectivity index (χ4n) is 3.65. The predicted octanol–water partition coefficient (Wildman–Crippen LogP) is 4.33. The first kappa shape index (κ1) is 19.9. The highest BCUT2D eigenvalue weighted by atomic mass is 35.5. The number of alkyl halides is 5. The average molecular weight is 411 g/mol. The number of aromatic nitrogens is 1. The van der Waals surface area contributed by atoms with Crippen molar-refractivity contribution in [2.75, 3.05) is 4.90 Å². The zero-order valence-electron chi connectivity index (χ0n) is 14.1. The maximum absolute atomic E-state index is 13.2. The number of anilines is 1. The SMILES string of the molecule is C[C@H]1CC[C@H]([C@H](O)C(F)(F)F)N1c1ccc2c(c1)c(Cl)cc(=O)n2C(F)F. The third-order valence-electron chi connectivity index (χ3n) is 4.89. The van der Waals surface area contributed by atoms with Gasteiger partial charge >= 0.3 is 12.7 Å². The van der Waals surface area contributed by atoms with Crippen LogP contribution in [0, 0.1) is 0 Å². The van der Waals surface area contributed by atoms with Gasteiger partial charge in [-0.3, -0.25) is 9.36 Å². The van der Waals surface area contributed by atoms with Gasteiger partial charge in [-0.1, -0.05) is 11.6 Å². The van der Waals surface area contributed by atoms with E-state index in [2.05, 4.69) is 0 Å². The minimum Gasteiger partial charge on any atom is -0.382 e. The Bertz CT molecular complexity index is 915. The van der Waals surface area contributed by atoms with Gasteiger partial charge in [0, 0.05) is 23.2 Å². The number of pyridine rings is 1. The van der Waals surface area contributed by atoms with Gasteiger partial charge in [-0.05, 0) is 38.0 Å². The van der Waals surface area contributed by atoms with E-state index in [1.165, 1.54) is 23.1 Å². The van der Waals surface area contributed by atoms with Crippen molar-refractivity contribution in [1.29, 1.82) is 0 Å². The van der Waals surface area contributed by atoms with Crippen LogP contribution in [0.15, 0.2) is 29.1 Å². The van der Waals surface area contributed by atoms with Crippen molar-refractivity contribution in [2.45, 2.75) is 50.7 Å². The first-order valence-electron chi connectivity index (χ1n) is 8.18. The molecule has 0 unspecified atom stereocenters. The molecule has 1 aliphatic rings. The van der Waals surface area contributed by atoms with Crippen LogP contribution >= 0.6 is 11.6 Å². The maximum atomic E-state index is 13.2. The normalized spacial score (nSPS) is 22.0. The summed E-state index contributed by atoms with van der Waals surface area (Å²) in [6, 6.07) is 3.30. The number of fused-ring (bicyclic) bond motifs is 1. The second-order valence-corrected chi connectivity index (χ2v) is 6.97. The van der Waals surface area contributed by atoms with Crippen LogP contribution in [0.1, 0.15) is 26.3 Å². The van der Waals surface area contributed by atoms with E-state index >= 15 is 0 Å². The summed E-state index contributed by atoms with van der Waals surface area (Å²) in [5.74, 6) is 0. The van der Waals surface area contributed by atoms with Gasteiger partial charge in [0.25, 0.3) is 5.56 Å². The lowest BCUT2D eigenvalue weighted by atomic mass is 10.1. The van der Waals surface area contributed by atoms with Crippen LogP contribution < -0.4 is 10.5 Å². The van der Waals surface area contributed by atoms with Crippen molar-refractivity contribution >= 4 is 28.2 Å². The lowest BCUT2D eigenvalue weighted by Gasteiger charge is -2.34. The van der Waals surface area contributed by atoms with E-state index in [-0.39, 0.29) is 33.0 Å². The molecular formula is C17H16ClF5N2O2. The molecule has 4 nitrogen and oxygen atoms in total. The van der Waals surface area contributed by atoms with E-state index in [1.54, 1.807) is 6.92 Å². The van der Waals surface area contributed by atoms with Crippen molar-refractivity contribution in [3.8, 4) is 0 Å². The molecule has 0 saturated carbocycles. The summed E-state index contributed by atoms with van der Waals surface area (Å²) in [7, 11) is 0. The van der Waals surface area contributed by atoms with Crippen molar-refractivity contribution in [2.24, 2.45) is 0 Å². The maximum Gasteiger partial charge on any atom is 0.416 e.